The van der Waals surface area contributed by atoms with E-state index in [1.807, 2.05) is 0 Å². The molecule has 13 heavy (non-hydrogen) atoms. The van der Waals surface area contributed by atoms with Crippen molar-refractivity contribution in [1.29, 1.82) is 0 Å². The molecule has 0 saturated carbocycles. The lowest BCUT2D eigenvalue weighted by Gasteiger charge is -2.26. The van der Waals surface area contributed by atoms with Crippen LogP contribution in [-0.4, -0.2) is 30.6 Å². The second kappa shape index (κ2) is 2.99. The summed E-state index contributed by atoms with van der Waals surface area (Å²) in [6.07, 6.45) is 2.47. The van der Waals surface area contributed by atoms with Crippen LogP contribution in [0.3, 0.4) is 0 Å². The first-order valence-corrected chi connectivity index (χ1v) is 4.47. The summed E-state index contributed by atoms with van der Waals surface area (Å²) in [5.41, 5.74) is 5.31. The van der Waals surface area contributed by atoms with Crippen LogP contribution in [0.1, 0.15) is 19.3 Å². The Balaban J connectivity index is 2.19. The first kappa shape index (κ1) is 8.50. The van der Waals surface area contributed by atoms with Crippen molar-refractivity contribution < 1.29 is 9.53 Å². The van der Waals surface area contributed by atoms with E-state index in [4.69, 9.17) is 10.5 Å². The highest BCUT2D eigenvalue weighted by Gasteiger charge is 2.41. The van der Waals surface area contributed by atoms with Gasteiger partial charge in [0.05, 0.1) is 0 Å². The number of rotatable bonds is 0. The van der Waals surface area contributed by atoms with Crippen LogP contribution in [0, 0.1) is 0 Å². The van der Waals surface area contributed by atoms with Gasteiger partial charge in [0.2, 0.25) is 0 Å². The molecule has 2 aliphatic rings. The normalized spacial score (nSPS) is 34.2. The summed E-state index contributed by atoms with van der Waals surface area (Å²) in [5.74, 6) is 0.419. The molecule has 1 unspecified atom stereocenters. The maximum absolute atomic E-state index is 11.0. The van der Waals surface area contributed by atoms with E-state index >= 15 is 0 Å². The van der Waals surface area contributed by atoms with Gasteiger partial charge in [-0.1, -0.05) is 0 Å². The molecule has 0 aromatic heterocycles. The molecule has 2 rings (SSSR count). The number of hydrogen-bond acceptors (Lipinski definition) is 3. The largest absolute Gasteiger partial charge is 0.385 e. The minimum Gasteiger partial charge on any atom is -0.385 e. The summed E-state index contributed by atoms with van der Waals surface area (Å²) in [4.78, 5) is 14.7. The van der Waals surface area contributed by atoms with Crippen LogP contribution < -0.4 is 11.1 Å². The molecule has 2 aliphatic heterocycles. The van der Waals surface area contributed by atoms with Gasteiger partial charge in [-0.3, -0.25) is 0 Å². The number of nitrogens with two attached hydrogens (primary N) is 1. The van der Waals surface area contributed by atoms with Gasteiger partial charge in [-0.05, 0) is 12.8 Å². The van der Waals surface area contributed by atoms with Crippen molar-refractivity contribution in [2.75, 3.05) is 13.2 Å². The molecule has 0 bridgehead atoms. The third-order valence-electron chi connectivity index (χ3n) is 2.62. The summed E-state index contributed by atoms with van der Waals surface area (Å²) >= 11 is 0. The minimum absolute atomic E-state index is 0.320. The highest BCUT2D eigenvalue weighted by molar-refractivity contribution is 6.05. The average molecular weight is 183 g/mol. The summed E-state index contributed by atoms with van der Waals surface area (Å²) in [7, 11) is 0. The monoisotopic (exact) mass is 183 g/mol. The van der Waals surface area contributed by atoms with Crippen molar-refractivity contribution in [3.05, 3.63) is 0 Å². The zero-order valence-corrected chi connectivity index (χ0v) is 7.38. The lowest BCUT2D eigenvalue weighted by molar-refractivity contribution is 0.141. The standard InChI is InChI=1S/C8H13N3O2/c9-6-8(11-7(12)10-6)2-1-4-13-5-3-8/h1-5H2,(H3,9,10,11,12). The van der Waals surface area contributed by atoms with Crippen molar-refractivity contribution in [1.82, 2.24) is 5.32 Å². The quantitative estimate of drug-likeness (QED) is 0.555. The third kappa shape index (κ3) is 1.39. The lowest BCUT2D eigenvalue weighted by atomic mass is 9.90. The number of nitrogens with one attached hydrogen (secondary N) is 1. The van der Waals surface area contributed by atoms with Crippen LogP contribution in [0.2, 0.25) is 0 Å². The van der Waals surface area contributed by atoms with Gasteiger partial charge < -0.3 is 15.8 Å². The van der Waals surface area contributed by atoms with E-state index in [1.54, 1.807) is 0 Å². The van der Waals surface area contributed by atoms with Crippen LogP contribution in [-0.2, 0) is 4.74 Å². The van der Waals surface area contributed by atoms with Gasteiger partial charge in [-0.25, -0.2) is 4.79 Å². The summed E-state index contributed by atoms with van der Waals surface area (Å²) in [5, 5.41) is 2.81. The average Bonchev–Trinajstić information content (AvgIpc) is 2.29. The maximum Gasteiger partial charge on any atom is 0.343 e. The topological polar surface area (TPSA) is 76.7 Å². The Morgan fingerprint density at radius 2 is 2.31 bits per heavy atom. The minimum atomic E-state index is -0.409. The third-order valence-corrected chi connectivity index (χ3v) is 2.62. The van der Waals surface area contributed by atoms with Gasteiger partial charge >= 0.3 is 6.03 Å². The molecule has 3 N–H and O–H groups in total. The Morgan fingerprint density at radius 1 is 1.46 bits per heavy atom. The van der Waals surface area contributed by atoms with E-state index in [1.165, 1.54) is 0 Å². The number of amidine groups is 1. The maximum atomic E-state index is 11.0. The predicted octanol–water partition coefficient (Wildman–Crippen LogP) is 0.00610. The van der Waals surface area contributed by atoms with Crippen molar-refractivity contribution in [2.24, 2.45) is 10.7 Å². The molecule has 1 atom stereocenters. The van der Waals surface area contributed by atoms with Crippen molar-refractivity contribution in [3.8, 4) is 0 Å². The SMILES string of the molecule is NC1=NC(=O)NC12CCCOCC2. The number of aliphatic imine (C=N–C) groups is 1. The molecule has 1 fully saturated rings. The van der Waals surface area contributed by atoms with Gasteiger partial charge in [-0.2, -0.15) is 4.99 Å². The fourth-order valence-corrected chi connectivity index (χ4v) is 1.84. The van der Waals surface area contributed by atoms with Gasteiger partial charge in [0.1, 0.15) is 11.4 Å². The number of nitrogens with zero attached hydrogens (tertiary/aromatic N) is 1. The van der Waals surface area contributed by atoms with E-state index in [9.17, 15) is 4.79 Å². The number of hydrogen-bond donors (Lipinski definition) is 2. The number of ether oxygens (including phenoxy) is 1. The molecule has 1 spiro atoms. The molecular weight excluding hydrogens is 170 g/mol. The number of carbonyl (C=O) groups excluding carboxylic acids is 1. The van der Waals surface area contributed by atoms with Crippen LogP contribution >= 0.6 is 0 Å². The first-order chi connectivity index (χ1) is 6.23. The molecule has 5 heteroatoms. The molecule has 0 aliphatic carbocycles. The molecule has 1 saturated heterocycles. The molecule has 2 heterocycles. The Labute approximate surface area is 76.3 Å². The fourth-order valence-electron chi connectivity index (χ4n) is 1.84. The predicted molar refractivity (Wildman–Crippen MR) is 47.6 cm³/mol. The van der Waals surface area contributed by atoms with Gasteiger partial charge in [0.15, 0.2) is 0 Å². The highest BCUT2D eigenvalue weighted by atomic mass is 16.5. The van der Waals surface area contributed by atoms with E-state index in [0.717, 1.165) is 25.9 Å². The van der Waals surface area contributed by atoms with E-state index in [2.05, 4.69) is 10.3 Å². The van der Waals surface area contributed by atoms with Crippen LogP contribution in [0.25, 0.3) is 0 Å². The Kier molecular flexibility index (Phi) is 1.95. The second-order valence-corrected chi connectivity index (χ2v) is 3.48. The molecule has 0 aromatic rings. The summed E-state index contributed by atoms with van der Waals surface area (Å²) in [6, 6.07) is -0.320. The van der Waals surface area contributed by atoms with Crippen molar-refractivity contribution >= 4 is 11.9 Å². The molecule has 2 amide bonds. The molecular formula is C8H13N3O2. The molecule has 0 aromatic carbocycles. The Bertz CT molecular complexity index is 254. The molecule has 0 radical (unpaired) electrons. The van der Waals surface area contributed by atoms with Crippen LogP contribution in [0.5, 0.6) is 0 Å². The van der Waals surface area contributed by atoms with Gasteiger partial charge in [0.25, 0.3) is 0 Å². The van der Waals surface area contributed by atoms with E-state index in [-0.39, 0.29) is 6.03 Å². The molecule has 72 valence electrons. The van der Waals surface area contributed by atoms with Crippen molar-refractivity contribution in [2.45, 2.75) is 24.8 Å². The smallest absolute Gasteiger partial charge is 0.343 e. The lowest BCUT2D eigenvalue weighted by Crippen LogP contribution is -2.51. The van der Waals surface area contributed by atoms with Crippen molar-refractivity contribution in [3.63, 3.8) is 0 Å². The number of urea groups is 1. The van der Waals surface area contributed by atoms with Crippen LogP contribution in [0.4, 0.5) is 4.79 Å². The first-order valence-electron chi connectivity index (χ1n) is 4.47. The number of amides is 2. The summed E-state index contributed by atoms with van der Waals surface area (Å²) < 4.78 is 5.30. The van der Waals surface area contributed by atoms with Gasteiger partial charge in [-0.15, -0.1) is 0 Å². The van der Waals surface area contributed by atoms with E-state index < -0.39 is 5.54 Å². The highest BCUT2D eigenvalue weighted by Crippen LogP contribution is 2.24. The Hall–Kier alpha value is -1.10. The van der Waals surface area contributed by atoms with Gasteiger partial charge in [0, 0.05) is 19.6 Å². The van der Waals surface area contributed by atoms with Crippen LogP contribution in [0.15, 0.2) is 4.99 Å². The molecule has 5 nitrogen and oxygen atoms in total. The Morgan fingerprint density at radius 3 is 3.00 bits per heavy atom. The number of carbonyl (C=O) groups is 1. The zero-order chi connectivity index (χ0) is 9.31. The summed E-state index contributed by atoms with van der Waals surface area (Å²) in [6.45, 7) is 1.38. The fraction of sp³-hybridized carbons (Fsp3) is 0.750. The zero-order valence-electron chi connectivity index (χ0n) is 7.38. The van der Waals surface area contributed by atoms with E-state index in [0.29, 0.717) is 12.4 Å². The second-order valence-electron chi connectivity index (χ2n) is 3.48.